The van der Waals surface area contributed by atoms with Gasteiger partial charge in [-0.3, -0.25) is 9.20 Å². The first-order valence-electron chi connectivity index (χ1n) is 6.92. The van der Waals surface area contributed by atoms with Crippen LogP contribution in [0.3, 0.4) is 0 Å². The highest BCUT2D eigenvalue weighted by atomic mass is 16.1. The van der Waals surface area contributed by atoms with Gasteiger partial charge in [0.15, 0.2) is 0 Å². The van der Waals surface area contributed by atoms with E-state index in [2.05, 4.69) is 36.3 Å². The molecule has 0 radical (unpaired) electrons. The minimum absolute atomic E-state index is 0.0579. The Labute approximate surface area is 123 Å². The molecule has 2 heterocycles. The number of anilines is 1. The SMILES string of the molecule is Cc1ccc(NCc2cc(=O)n3ccccc3n2)cc1C. The van der Waals surface area contributed by atoms with Crippen molar-refractivity contribution in [3.05, 3.63) is 75.8 Å². The van der Waals surface area contributed by atoms with E-state index >= 15 is 0 Å². The molecule has 21 heavy (non-hydrogen) atoms. The molecule has 0 saturated carbocycles. The van der Waals surface area contributed by atoms with Crippen LogP contribution in [-0.4, -0.2) is 9.38 Å². The maximum absolute atomic E-state index is 12.0. The van der Waals surface area contributed by atoms with Crippen molar-refractivity contribution in [2.24, 2.45) is 0 Å². The molecule has 2 aromatic heterocycles. The van der Waals surface area contributed by atoms with Crippen molar-refractivity contribution in [1.82, 2.24) is 9.38 Å². The molecule has 0 fully saturated rings. The smallest absolute Gasteiger partial charge is 0.258 e. The van der Waals surface area contributed by atoms with Crippen molar-refractivity contribution in [2.75, 3.05) is 5.32 Å². The molecule has 4 nitrogen and oxygen atoms in total. The lowest BCUT2D eigenvalue weighted by Gasteiger charge is -2.09. The van der Waals surface area contributed by atoms with Crippen LogP contribution in [0, 0.1) is 13.8 Å². The summed E-state index contributed by atoms with van der Waals surface area (Å²) in [6.45, 7) is 4.70. The Kier molecular flexibility index (Phi) is 3.44. The highest BCUT2D eigenvalue weighted by molar-refractivity contribution is 5.48. The van der Waals surface area contributed by atoms with Crippen LogP contribution in [0.5, 0.6) is 0 Å². The van der Waals surface area contributed by atoms with E-state index in [0.717, 1.165) is 11.4 Å². The zero-order valence-corrected chi connectivity index (χ0v) is 12.1. The Morgan fingerprint density at radius 1 is 1.10 bits per heavy atom. The maximum atomic E-state index is 12.0. The molecule has 0 unspecified atom stereocenters. The van der Waals surface area contributed by atoms with Gasteiger partial charge in [0.1, 0.15) is 5.65 Å². The van der Waals surface area contributed by atoms with Crippen molar-refractivity contribution in [1.29, 1.82) is 0 Å². The molecule has 0 bridgehead atoms. The summed E-state index contributed by atoms with van der Waals surface area (Å²) in [5.74, 6) is 0. The lowest BCUT2D eigenvalue weighted by molar-refractivity contribution is 0.971. The van der Waals surface area contributed by atoms with Gasteiger partial charge in [-0.15, -0.1) is 0 Å². The fraction of sp³-hybridized carbons (Fsp3) is 0.176. The fourth-order valence-corrected chi connectivity index (χ4v) is 2.24. The molecular weight excluding hydrogens is 262 g/mol. The van der Waals surface area contributed by atoms with Gasteiger partial charge in [-0.2, -0.15) is 0 Å². The second-order valence-corrected chi connectivity index (χ2v) is 5.17. The molecule has 0 saturated heterocycles. The standard InChI is InChI=1S/C17H17N3O/c1-12-6-7-14(9-13(12)2)18-11-15-10-17(21)20-8-4-3-5-16(20)19-15/h3-10,18H,11H2,1-2H3. The number of pyridine rings is 1. The number of fused-ring (bicyclic) bond motifs is 1. The van der Waals surface area contributed by atoms with E-state index in [9.17, 15) is 4.79 Å². The third kappa shape index (κ3) is 2.79. The van der Waals surface area contributed by atoms with Gasteiger partial charge < -0.3 is 5.32 Å². The van der Waals surface area contributed by atoms with Gasteiger partial charge in [-0.1, -0.05) is 12.1 Å². The quantitative estimate of drug-likeness (QED) is 0.802. The zero-order valence-electron chi connectivity index (χ0n) is 12.1. The highest BCUT2D eigenvalue weighted by Gasteiger charge is 2.02. The number of hydrogen-bond donors (Lipinski definition) is 1. The fourth-order valence-electron chi connectivity index (χ4n) is 2.24. The summed E-state index contributed by atoms with van der Waals surface area (Å²) in [7, 11) is 0. The monoisotopic (exact) mass is 279 g/mol. The summed E-state index contributed by atoms with van der Waals surface area (Å²) in [5, 5.41) is 3.31. The predicted molar refractivity (Wildman–Crippen MR) is 84.7 cm³/mol. The van der Waals surface area contributed by atoms with Gasteiger partial charge in [0.2, 0.25) is 0 Å². The van der Waals surface area contributed by atoms with E-state index in [1.54, 1.807) is 16.7 Å². The van der Waals surface area contributed by atoms with Crippen LogP contribution in [0.1, 0.15) is 16.8 Å². The lowest BCUT2D eigenvalue weighted by atomic mass is 10.1. The average Bonchev–Trinajstić information content (AvgIpc) is 2.49. The van der Waals surface area contributed by atoms with Crippen molar-refractivity contribution < 1.29 is 0 Å². The van der Waals surface area contributed by atoms with Crippen molar-refractivity contribution in [3.8, 4) is 0 Å². The van der Waals surface area contributed by atoms with Gasteiger partial charge in [-0.25, -0.2) is 4.98 Å². The molecule has 106 valence electrons. The summed E-state index contributed by atoms with van der Waals surface area (Å²) >= 11 is 0. The van der Waals surface area contributed by atoms with E-state index in [1.807, 2.05) is 24.3 Å². The molecule has 0 aliphatic rings. The first-order chi connectivity index (χ1) is 10.1. The second-order valence-electron chi connectivity index (χ2n) is 5.17. The van der Waals surface area contributed by atoms with E-state index in [1.165, 1.54) is 11.1 Å². The molecule has 0 amide bonds. The van der Waals surface area contributed by atoms with Crippen LogP contribution in [0.4, 0.5) is 5.69 Å². The number of nitrogens with one attached hydrogen (secondary N) is 1. The average molecular weight is 279 g/mol. The Morgan fingerprint density at radius 2 is 1.95 bits per heavy atom. The molecule has 3 aromatic rings. The van der Waals surface area contributed by atoms with Gasteiger partial charge in [0.05, 0.1) is 12.2 Å². The molecule has 1 N–H and O–H groups in total. The van der Waals surface area contributed by atoms with E-state index in [-0.39, 0.29) is 5.56 Å². The zero-order chi connectivity index (χ0) is 14.8. The summed E-state index contributed by atoms with van der Waals surface area (Å²) in [6.07, 6.45) is 1.73. The van der Waals surface area contributed by atoms with Crippen molar-refractivity contribution in [3.63, 3.8) is 0 Å². The number of hydrogen-bond acceptors (Lipinski definition) is 3. The molecule has 0 aliphatic heterocycles. The summed E-state index contributed by atoms with van der Waals surface area (Å²) in [4.78, 5) is 16.5. The number of benzene rings is 1. The van der Waals surface area contributed by atoms with E-state index in [4.69, 9.17) is 0 Å². The Morgan fingerprint density at radius 3 is 2.76 bits per heavy atom. The first kappa shape index (κ1) is 13.4. The van der Waals surface area contributed by atoms with Gasteiger partial charge in [0.25, 0.3) is 5.56 Å². The Balaban J connectivity index is 1.85. The van der Waals surface area contributed by atoms with Gasteiger partial charge >= 0.3 is 0 Å². The topological polar surface area (TPSA) is 46.4 Å². The lowest BCUT2D eigenvalue weighted by Crippen LogP contribution is -2.16. The molecular formula is C17H17N3O. The number of aryl methyl sites for hydroxylation is 2. The number of rotatable bonds is 3. The minimum atomic E-state index is -0.0579. The molecule has 0 spiro atoms. The highest BCUT2D eigenvalue weighted by Crippen LogP contribution is 2.14. The van der Waals surface area contributed by atoms with Crippen molar-refractivity contribution in [2.45, 2.75) is 20.4 Å². The summed E-state index contributed by atoms with van der Waals surface area (Å²) < 4.78 is 1.54. The van der Waals surface area contributed by atoms with Crippen LogP contribution in [0.15, 0.2) is 53.5 Å². The molecule has 4 heteroatoms. The molecule has 0 atom stereocenters. The Hall–Kier alpha value is -2.62. The third-order valence-electron chi connectivity index (χ3n) is 3.60. The largest absolute Gasteiger partial charge is 0.379 e. The minimum Gasteiger partial charge on any atom is -0.379 e. The molecule has 0 aliphatic carbocycles. The molecule has 3 rings (SSSR count). The molecule has 1 aromatic carbocycles. The Bertz CT molecular complexity index is 852. The van der Waals surface area contributed by atoms with Crippen LogP contribution in [0.2, 0.25) is 0 Å². The summed E-state index contributed by atoms with van der Waals surface area (Å²) in [6, 6.07) is 13.3. The van der Waals surface area contributed by atoms with Crippen LogP contribution in [0.25, 0.3) is 5.65 Å². The van der Waals surface area contributed by atoms with Crippen molar-refractivity contribution >= 4 is 11.3 Å². The first-order valence-corrected chi connectivity index (χ1v) is 6.92. The second kappa shape index (κ2) is 5.40. The van der Waals surface area contributed by atoms with Crippen LogP contribution < -0.4 is 10.9 Å². The predicted octanol–water partition coefficient (Wildman–Crippen LogP) is 2.92. The number of nitrogens with zero attached hydrogens (tertiary/aromatic N) is 2. The van der Waals surface area contributed by atoms with E-state index in [0.29, 0.717) is 12.2 Å². The van der Waals surface area contributed by atoms with Gasteiger partial charge in [-0.05, 0) is 49.2 Å². The third-order valence-corrected chi connectivity index (χ3v) is 3.60. The van der Waals surface area contributed by atoms with Gasteiger partial charge in [0, 0.05) is 18.0 Å². The maximum Gasteiger partial charge on any atom is 0.258 e. The number of aromatic nitrogens is 2. The normalized spacial score (nSPS) is 10.8. The van der Waals surface area contributed by atoms with Crippen LogP contribution >= 0.6 is 0 Å². The summed E-state index contributed by atoms with van der Waals surface area (Å²) in [5.41, 5.74) is 4.89. The van der Waals surface area contributed by atoms with Crippen LogP contribution in [-0.2, 0) is 6.54 Å². The van der Waals surface area contributed by atoms with E-state index < -0.39 is 0 Å².